The molecular formula is C13H8ClN7OS. The van der Waals surface area contributed by atoms with E-state index in [9.17, 15) is 10.1 Å². The van der Waals surface area contributed by atoms with E-state index < -0.39 is 5.69 Å². The van der Waals surface area contributed by atoms with Gasteiger partial charge < -0.3 is 4.98 Å². The number of nitrogens with one attached hydrogen (secondary N) is 2. The molecule has 1 aromatic carbocycles. The van der Waals surface area contributed by atoms with Crippen LogP contribution in [0.25, 0.3) is 11.3 Å². The third-order valence-corrected chi connectivity index (χ3v) is 4.18. The summed E-state index contributed by atoms with van der Waals surface area (Å²) >= 11 is 7.34. The zero-order valence-electron chi connectivity index (χ0n) is 11.4. The van der Waals surface area contributed by atoms with Gasteiger partial charge in [-0.15, -0.1) is 10.2 Å². The lowest BCUT2D eigenvalue weighted by Gasteiger charge is -2.08. The first kappa shape index (κ1) is 15.2. The lowest BCUT2D eigenvalue weighted by molar-refractivity contribution is 0.881. The Balaban J connectivity index is 2.06. The van der Waals surface area contributed by atoms with E-state index in [4.69, 9.17) is 11.6 Å². The first-order valence-electron chi connectivity index (χ1n) is 6.33. The van der Waals surface area contributed by atoms with E-state index in [1.165, 1.54) is 11.8 Å². The zero-order valence-corrected chi connectivity index (χ0v) is 13.0. The number of rotatable bonds is 4. The quantitative estimate of drug-likeness (QED) is 0.545. The highest BCUT2D eigenvalue weighted by Crippen LogP contribution is 2.32. The highest BCUT2D eigenvalue weighted by atomic mass is 35.5. The molecule has 10 heteroatoms. The molecule has 0 amide bonds. The van der Waals surface area contributed by atoms with Crippen LogP contribution in [0.4, 0.5) is 0 Å². The molecule has 0 saturated carbocycles. The van der Waals surface area contributed by atoms with Crippen molar-refractivity contribution in [3.05, 3.63) is 51.2 Å². The lowest BCUT2D eigenvalue weighted by atomic mass is 10.1. The van der Waals surface area contributed by atoms with Crippen LogP contribution < -0.4 is 5.69 Å². The van der Waals surface area contributed by atoms with Crippen molar-refractivity contribution in [2.24, 2.45) is 0 Å². The Morgan fingerprint density at radius 3 is 2.87 bits per heavy atom. The van der Waals surface area contributed by atoms with Gasteiger partial charge in [0.15, 0.2) is 5.82 Å². The minimum atomic E-state index is -0.561. The molecule has 0 aliphatic carbocycles. The Bertz CT molecular complexity index is 932. The molecule has 3 aromatic rings. The summed E-state index contributed by atoms with van der Waals surface area (Å²) in [5, 5.41) is 23.6. The topological polar surface area (TPSA) is 124 Å². The normalized spacial score (nSPS) is 10.4. The second kappa shape index (κ2) is 6.60. The Labute approximate surface area is 138 Å². The molecule has 0 aliphatic heterocycles. The molecule has 0 fully saturated rings. The first-order valence-corrected chi connectivity index (χ1v) is 7.70. The average molecular weight is 346 g/mol. The standard InChI is InChI=1S/C13H8ClN7OS/c14-9-4-2-1-3-7(9)11-8(5-15)12(17-13(22)16-11)23-6-10-18-20-21-19-10/h1-4H,6H2,(H,16,17,22)(H,18,19,20,21). The van der Waals surface area contributed by atoms with Crippen LogP contribution in [0.15, 0.2) is 34.1 Å². The first-order chi connectivity index (χ1) is 11.2. The summed E-state index contributed by atoms with van der Waals surface area (Å²) in [6, 6.07) is 9.02. The van der Waals surface area contributed by atoms with Gasteiger partial charge in [0.1, 0.15) is 16.7 Å². The Hall–Kier alpha value is -2.70. The minimum absolute atomic E-state index is 0.242. The number of tetrazole rings is 1. The number of halogens is 1. The van der Waals surface area contributed by atoms with Gasteiger partial charge in [-0.05, 0) is 6.07 Å². The van der Waals surface area contributed by atoms with E-state index >= 15 is 0 Å². The SMILES string of the molecule is N#Cc1c(SCc2nn[nH]n2)nc(=O)[nH]c1-c1ccccc1Cl. The summed E-state index contributed by atoms with van der Waals surface area (Å²) in [4.78, 5) is 18.3. The Morgan fingerprint density at radius 1 is 1.35 bits per heavy atom. The molecule has 114 valence electrons. The summed E-state index contributed by atoms with van der Waals surface area (Å²) in [6.45, 7) is 0. The highest BCUT2D eigenvalue weighted by Gasteiger charge is 2.17. The molecule has 0 atom stereocenters. The van der Waals surface area contributed by atoms with Gasteiger partial charge in [-0.3, -0.25) is 0 Å². The van der Waals surface area contributed by atoms with Crippen molar-refractivity contribution < 1.29 is 0 Å². The number of benzene rings is 1. The largest absolute Gasteiger partial charge is 0.346 e. The number of nitriles is 1. The molecule has 0 aliphatic rings. The van der Waals surface area contributed by atoms with Gasteiger partial charge in [0, 0.05) is 10.6 Å². The van der Waals surface area contributed by atoms with Gasteiger partial charge in [0.2, 0.25) is 0 Å². The number of hydrogen-bond donors (Lipinski definition) is 2. The number of hydrogen-bond acceptors (Lipinski definition) is 7. The van der Waals surface area contributed by atoms with Crippen molar-refractivity contribution in [2.45, 2.75) is 10.8 Å². The zero-order chi connectivity index (χ0) is 16.2. The van der Waals surface area contributed by atoms with E-state index in [0.29, 0.717) is 27.9 Å². The van der Waals surface area contributed by atoms with Crippen LogP contribution in [0.2, 0.25) is 5.02 Å². The van der Waals surface area contributed by atoms with Crippen LogP contribution in [0.3, 0.4) is 0 Å². The van der Waals surface area contributed by atoms with Crippen molar-refractivity contribution in [3.63, 3.8) is 0 Å². The molecular weight excluding hydrogens is 338 g/mol. The van der Waals surface area contributed by atoms with Gasteiger partial charge in [-0.1, -0.05) is 46.8 Å². The predicted molar refractivity (Wildman–Crippen MR) is 83.8 cm³/mol. The monoisotopic (exact) mass is 345 g/mol. The molecule has 0 saturated heterocycles. The molecule has 3 rings (SSSR count). The van der Waals surface area contributed by atoms with Crippen molar-refractivity contribution in [3.8, 4) is 17.3 Å². The maximum atomic E-state index is 11.8. The van der Waals surface area contributed by atoms with Crippen LogP contribution in [-0.2, 0) is 5.75 Å². The third kappa shape index (κ3) is 3.23. The number of aromatic amines is 2. The summed E-state index contributed by atoms with van der Waals surface area (Å²) in [5.74, 6) is 0.768. The van der Waals surface area contributed by atoms with E-state index in [1.54, 1.807) is 24.3 Å². The highest BCUT2D eigenvalue weighted by molar-refractivity contribution is 7.98. The fourth-order valence-electron chi connectivity index (χ4n) is 1.90. The van der Waals surface area contributed by atoms with E-state index in [2.05, 4.69) is 36.7 Å². The third-order valence-electron chi connectivity index (χ3n) is 2.88. The second-order valence-electron chi connectivity index (χ2n) is 4.31. The van der Waals surface area contributed by atoms with Crippen LogP contribution in [0.5, 0.6) is 0 Å². The molecule has 2 aromatic heterocycles. The van der Waals surface area contributed by atoms with E-state index in [-0.39, 0.29) is 10.6 Å². The predicted octanol–water partition coefficient (Wildman–Crippen LogP) is 1.77. The van der Waals surface area contributed by atoms with Crippen molar-refractivity contribution in [1.29, 1.82) is 5.26 Å². The summed E-state index contributed by atoms with van der Waals surface area (Å²) in [7, 11) is 0. The van der Waals surface area contributed by atoms with Crippen molar-refractivity contribution >= 4 is 23.4 Å². The molecule has 0 spiro atoms. The van der Waals surface area contributed by atoms with Crippen LogP contribution in [0.1, 0.15) is 11.4 Å². The Kier molecular flexibility index (Phi) is 4.36. The molecule has 0 unspecified atom stereocenters. The lowest BCUT2D eigenvalue weighted by Crippen LogP contribution is -2.14. The maximum Gasteiger partial charge on any atom is 0.346 e. The van der Waals surface area contributed by atoms with Crippen LogP contribution in [-0.4, -0.2) is 30.6 Å². The van der Waals surface area contributed by atoms with Gasteiger partial charge >= 0.3 is 5.69 Å². The Morgan fingerprint density at radius 2 is 2.17 bits per heavy atom. The van der Waals surface area contributed by atoms with Crippen molar-refractivity contribution in [2.75, 3.05) is 0 Å². The fraction of sp³-hybridized carbons (Fsp3) is 0.0769. The number of H-pyrrole nitrogens is 2. The fourth-order valence-corrected chi connectivity index (χ4v) is 2.96. The second-order valence-corrected chi connectivity index (χ2v) is 5.68. The molecule has 0 bridgehead atoms. The van der Waals surface area contributed by atoms with Gasteiger partial charge in [-0.2, -0.15) is 15.5 Å². The van der Waals surface area contributed by atoms with Gasteiger partial charge in [0.25, 0.3) is 0 Å². The van der Waals surface area contributed by atoms with Crippen molar-refractivity contribution in [1.82, 2.24) is 30.6 Å². The van der Waals surface area contributed by atoms with E-state index in [0.717, 1.165) is 0 Å². The van der Waals surface area contributed by atoms with Crippen LogP contribution >= 0.6 is 23.4 Å². The number of thioether (sulfide) groups is 1. The average Bonchev–Trinajstić information content (AvgIpc) is 3.06. The van der Waals surface area contributed by atoms with Crippen LogP contribution in [0, 0.1) is 11.3 Å². The van der Waals surface area contributed by atoms with Gasteiger partial charge in [0.05, 0.1) is 11.4 Å². The maximum absolute atomic E-state index is 11.8. The molecule has 8 nitrogen and oxygen atoms in total. The van der Waals surface area contributed by atoms with E-state index in [1.807, 2.05) is 0 Å². The molecule has 0 radical (unpaired) electrons. The molecule has 2 heterocycles. The molecule has 23 heavy (non-hydrogen) atoms. The number of aromatic nitrogens is 6. The molecule has 2 N–H and O–H groups in total. The summed E-state index contributed by atoms with van der Waals surface area (Å²) < 4.78 is 0. The summed E-state index contributed by atoms with van der Waals surface area (Å²) in [5.41, 5.74) is 0.584. The summed E-state index contributed by atoms with van der Waals surface area (Å²) in [6.07, 6.45) is 0. The number of nitrogens with zero attached hydrogens (tertiary/aromatic N) is 5. The minimum Gasteiger partial charge on any atom is -0.304 e. The van der Waals surface area contributed by atoms with Gasteiger partial charge in [-0.25, -0.2) is 4.79 Å². The smallest absolute Gasteiger partial charge is 0.304 e.